The number of rotatable bonds is 0. The van der Waals surface area contributed by atoms with E-state index in [-0.39, 0.29) is 19.0 Å². The molecule has 0 atom stereocenters. The predicted octanol–water partition coefficient (Wildman–Crippen LogP) is 1.83. The third-order valence-electron chi connectivity index (χ3n) is 1.70. The lowest BCUT2D eigenvalue weighted by molar-refractivity contribution is -0.0186. The molecule has 0 N–H and O–H groups in total. The van der Waals surface area contributed by atoms with Gasteiger partial charge in [-0.05, 0) is 12.1 Å². The van der Waals surface area contributed by atoms with Crippen LogP contribution in [-0.2, 0) is 11.3 Å². The Hall–Kier alpha value is -1.16. The van der Waals surface area contributed by atoms with Crippen LogP contribution in [0.5, 0.6) is 5.75 Å². The molecule has 0 aliphatic carbocycles. The van der Waals surface area contributed by atoms with Crippen molar-refractivity contribution in [2.75, 3.05) is 6.79 Å². The molecule has 1 aliphatic rings. The van der Waals surface area contributed by atoms with Crippen molar-refractivity contribution in [2.24, 2.45) is 0 Å². The molecule has 2 rings (SSSR count). The van der Waals surface area contributed by atoms with Gasteiger partial charge in [-0.15, -0.1) is 0 Å². The molecular weight excluding hydrogens is 166 g/mol. The van der Waals surface area contributed by atoms with E-state index >= 15 is 0 Å². The summed E-state index contributed by atoms with van der Waals surface area (Å²) in [6.07, 6.45) is 0. The summed E-state index contributed by atoms with van der Waals surface area (Å²) in [6, 6.07) is 2.44. The first-order valence-corrected chi connectivity index (χ1v) is 3.46. The molecule has 0 aromatic heterocycles. The number of ether oxygens (including phenoxy) is 2. The summed E-state index contributed by atoms with van der Waals surface area (Å²) in [4.78, 5) is 0. The van der Waals surface area contributed by atoms with E-state index in [0.29, 0.717) is 5.75 Å². The van der Waals surface area contributed by atoms with Crippen LogP contribution in [-0.4, -0.2) is 6.79 Å². The van der Waals surface area contributed by atoms with Crippen molar-refractivity contribution in [2.45, 2.75) is 6.61 Å². The van der Waals surface area contributed by atoms with Gasteiger partial charge in [0.05, 0.1) is 12.2 Å². The van der Waals surface area contributed by atoms with Gasteiger partial charge in [-0.25, -0.2) is 8.78 Å². The van der Waals surface area contributed by atoms with E-state index in [4.69, 9.17) is 9.47 Å². The Kier molecular flexibility index (Phi) is 1.69. The van der Waals surface area contributed by atoms with Gasteiger partial charge >= 0.3 is 0 Å². The fraction of sp³-hybridized carbons (Fsp3) is 0.250. The SMILES string of the molecule is Fc1ccc2c(c1F)COCO2. The Labute approximate surface area is 67.7 Å². The van der Waals surface area contributed by atoms with Gasteiger partial charge in [0.1, 0.15) is 5.75 Å². The molecule has 0 saturated carbocycles. The first-order valence-electron chi connectivity index (χ1n) is 3.46. The Balaban J connectivity index is 2.54. The number of fused-ring (bicyclic) bond motifs is 1. The summed E-state index contributed by atoms with van der Waals surface area (Å²) in [5.74, 6) is -1.39. The van der Waals surface area contributed by atoms with E-state index in [0.717, 1.165) is 6.07 Å². The third kappa shape index (κ3) is 1.04. The van der Waals surface area contributed by atoms with E-state index in [9.17, 15) is 8.78 Å². The van der Waals surface area contributed by atoms with E-state index in [1.165, 1.54) is 6.07 Å². The Morgan fingerprint density at radius 3 is 2.92 bits per heavy atom. The molecule has 2 nitrogen and oxygen atoms in total. The molecule has 12 heavy (non-hydrogen) atoms. The number of hydrogen-bond acceptors (Lipinski definition) is 2. The minimum absolute atomic E-state index is 0.0684. The van der Waals surface area contributed by atoms with E-state index in [1.807, 2.05) is 0 Å². The second-order valence-corrected chi connectivity index (χ2v) is 2.45. The van der Waals surface area contributed by atoms with Crippen molar-refractivity contribution in [3.63, 3.8) is 0 Å². The van der Waals surface area contributed by atoms with Crippen LogP contribution in [0.4, 0.5) is 8.78 Å². The fourth-order valence-electron chi connectivity index (χ4n) is 1.09. The zero-order chi connectivity index (χ0) is 8.55. The van der Waals surface area contributed by atoms with Gasteiger partial charge in [0, 0.05) is 0 Å². The van der Waals surface area contributed by atoms with Gasteiger partial charge in [-0.2, -0.15) is 0 Å². The molecular formula is C8H6F2O2. The van der Waals surface area contributed by atoms with Crippen LogP contribution in [0.15, 0.2) is 12.1 Å². The zero-order valence-electron chi connectivity index (χ0n) is 6.14. The lowest BCUT2D eigenvalue weighted by Gasteiger charge is -2.17. The lowest BCUT2D eigenvalue weighted by Crippen LogP contribution is -2.13. The predicted molar refractivity (Wildman–Crippen MR) is 36.6 cm³/mol. The van der Waals surface area contributed by atoms with Crippen LogP contribution < -0.4 is 4.74 Å². The van der Waals surface area contributed by atoms with Crippen LogP contribution in [0.1, 0.15) is 5.56 Å². The molecule has 1 aromatic rings. The standard InChI is InChI=1S/C8H6F2O2/c9-6-1-2-7-5(8(6)10)3-11-4-12-7/h1-2H,3-4H2. The highest BCUT2D eigenvalue weighted by atomic mass is 19.2. The summed E-state index contributed by atoms with van der Waals surface area (Å²) < 4.78 is 35.3. The van der Waals surface area contributed by atoms with Crippen LogP contribution >= 0.6 is 0 Å². The molecule has 1 aromatic carbocycles. The maximum atomic E-state index is 12.9. The monoisotopic (exact) mass is 172 g/mol. The number of benzene rings is 1. The minimum atomic E-state index is -0.882. The van der Waals surface area contributed by atoms with Gasteiger partial charge in [0.15, 0.2) is 18.4 Å². The van der Waals surface area contributed by atoms with E-state index < -0.39 is 11.6 Å². The first kappa shape index (κ1) is 7.49. The van der Waals surface area contributed by atoms with Gasteiger partial charge in [-0.1, -0.05) is 0 Å². The van der Waals surface area contributed by atoms with Crippen molar-refractivity contribution in [1.29, 1.82) is 0 Å². The van der Waals surface area contributed by atoms with Crippen molar-refractivity contribution in [1.82, 2.24) is 0 Å². The topological polar surface area (TPSA) is 18.5 Å². The largest absolute Gasteiger partial charge is 0.467 e. The van der Waals surface area contributed by atoms with Crippen LogP contribution in [0.3, 0.4) is 0 Å². The van der Waals surface area contributed by atoms with Gasteiger partial charge in [0.25, 0.3) is 0 Å². The van der Waals surface area contributed by atoms with Gasteiger partial charge in [0.2, 0.25) is 0 Å². The molecule has 0 saturated heterocycles. The van der Waals surface area contributed by atoms with Crippen molar-refractivity contribution in [3.8, 4) is 5.75 Å². The highest BCUT2D eigenvalue weighted by Gasteiger charge is 2.17. The molecule has 4 heteroatoms. The van der Waals surface area contributed by atoms with Crippen LogP contribution in [0.2, 0.25) is 0 Å². The van der Waals surface area contributed by atoms with E-state index in [1.54, 1.807) is 0 Å². The molecule has 0 spiro atoms. The molecule has 0 radical (unpaired) electrons. The summed E-state index contributed by atoms with van der Waals surface area (Å²) in [5, 5.41) is 0. The molecule has 0 unspecified atom stereocenters. The maximum Gasteiger partial charge on any atom is 0.189 e. The van der Waals surface area contributed by atoms with Crippen molar-refractivity contribution >= 4 is 0 Å². The number of halogens is 2. The van der Waals surface area contributed by atoms with Crippen LogP contribution in [0.25, 0.3) is 0 Å². The fourth-order valence-corrected chi connectivity index (χ4v) is 1.09. The zero-order valence-corrected chi connectivity index (χ0v) is 6.14. The molecule has 0 amide bonds. The van der Waals surface area contributed by atoms with Gasteiger partial charge < -0.3 is 9.47 Å². The normalized spacial score (nSPS) is 15.2. The molecule has 64 valence electrons. The third-order valence-corrected chi connectivity index (χ3v) is 1.70. The minimum Gasteiger partial charge on any atom is -0.467 e. The molecule has 1 aliphatic heterocycles. The van der Waals surface area contributed by atoms with Crippen molar-refractivity contribution < 1.29 is 18.3 Å². The average molecular weight is 172 g/mol. The second kappa shape index (κ2) is 2.71. The number of hydrogen-bond donors (Lipinski definition) is 0. The summed E-state index contributed by atoms with van der Waals surface area (Å²) >= 11 is 0. The highest BCUT2D eigenvalue weighted by molar-refractivity contribution is 5.35. The second-order valence-electron chi connectivity index (χ2n) is 2.45. The Bertz CT molecular complexity index is 312. The maximum absolute atomic E-state index is 12.9. The molecule has 1 heterocycles. The summed E-state index contributed by atoms with van der Waals surface area (Å²) in [5.41, 5.74) is 0.154. The van der Waals surface area contributed by atoms with Crippen LogP contribution in [0, 0.1) is 11.6 Å². The summed E-state index contributed by atoms with van der Waals surface area (Å²) in [6.45, 7) is 0.164. The Morgan fingerprint density at radius 2 is 2.08 bits per heavy atom. The first-order chi connectivity index (χ1) is 5.79. The smallest absolute Gasteiger partial charge is 0.189 e. The molecule has 0 bridgehead atoms. The lowest BCUT2D eigenvalue weighted by atomic mass is 10.2. The van der Waals surface area contributed by atoms with Gasteiger partial charge in [-0.3, -0.25) is 0 Å². The van der Waals surface area contributed by atoms with Crippen molar-refractivity contribution in [3.05, 3.63) is 29.3 Å². The molecule has 0 fully saturated rings. The highest BCUT2D eigenvalue weighted by Crippen LogP contribution is 2.27. The quantitative estimate of drug-likeness (QED) is 0.594. The summed E-state index contributed by atoms with van der Waals surface area (Å²) in [7, 11) is 0. The Morgan fingerprint density at radius 1 is 1.25 bits per heavy atom. The van der Waals surface area contributed by atoms with E-state index in [2.05, 4.69) is 0 Å². The average Bonchev–Trinajstić information content (AvgIpc) is 2.12.